The molecule has 2 heterocycles. The van der Waals surface area contributed by atoms with Gasteiger partial charge in [-0.25, -0.2) is 4.79 Å². The van der Waals surface area contributed by atoms with Crippen LogP contribution in [0.4, 0.5) is 4.79 Å². The largest absolute Gasteiger partial charge is 0.444 e. The summed E-state index contributed by atoms with van der Waals surface area (Å²) in [6.07, 6.45) is 3.36. The van der Waals surface area contributed by atoms with Gasteiger partial charge >= 0.3 is 6.09 Å². The van der Waals surface area contributed by atoms with Gasteiger partial charge in [-0.05, 0) is 33.1 Å². The topological polar surface area (TPSA) is 29.5 Å². The molecular weight excluding hydrogens is 154 g/mol. The van der Waals surface area contributed by atoms with Crippen LogP contribution >= 0.6 is 0 Å². The number of hydrogen-bond acceptors (Lipinski definition) is 2. The minimum atomic E-state index is -0.121. The van der Waals surface area contributed by atoms with Gasteiger partial charge in [-0.1, -0.05) is 0 Å². The summed E-state index contributed by atoms with van der Waals surface area (Å²) in [5.41, 5.74) is -0.0185. The number of ether oxygens (including phenoxy) is 1. The Kier molecular flexibility index (Phi) is 1.56. The molecule has 3 nitrogen and oxygen atoms in total. The smallest absolute Gasteiger partial charge is 0.410 e. The average molecular weight is 169 g/mol. The van der Waals surface area contributed by atoms with Crippen molar-refractivity contribution >= 4 is 6.09 Å². The zero-order valence-corrected chi connectivity index (χ0v) is 7.67. The van der Waals surface area contributed by atoms with E-state index < -0.39 is 0 Å². The third kappa shape index (κ3) is 0.853. The van der Waals surface area contributed by atoms with Crippen LogP contribution in [0.2, 0.25) is 0 Å². The van der Waals surface area contributed by atoms with Crippen LogP contribution in [0, 0.1) is 0 Å². The maximum Gasteiger partial charge on any atom is 0.410 e. The van der Waals surface area contributed by atoms with Gasteiger partial charge in [0.1, 0.15) is 6.10 Å². The molecule has 0 N–H and O–H groups in total. The molecule has 2 saturated heterocycles. The van der Waals surface area contributed by atoms with Crippen molar-refractivity contribution in [2.45, 2.75) is 44.8 Å². The van der Waals surface area contributed by atoms with Crippen molar-refractivity contribution in [1.82, 2.24) is 4.90 Å². The standard InChI is InChI=1S/C9H15NO2/c1-7-9(2)5-3-4-6-10(9)8(11)12-7/h7H,3-6H2,1-2H3/t7-,9+/m1/s1. The van der Waals surface area contributed by atoms with Gasteiger partial charge in [0.25, 0.3) is 0 Å². The normalized spacial score (nSPS) is 41.0. The summed E-state index contributed by atoms with van der Waals surface area (Å²) in [6, 6.07) is 0. The van der Waals surface area contributed by atoms with Gasteiger partial charge in [0, 0.05) is 6.54 Å². The molecule has 0 aromatic rings. The van der Waals surface area contributed by atoms with Gasteiger partial charge in [0.05, 0.1) is 5.54 Å². The van der Waals surface area contributed by atoms with Crippen LogP contribution in [0.3, 0.4) is 0 Å². The lowest BCUT2D eigenvalue weighted by molar-refractivity contribution is 0.0956. The first-order chi connectivity index (χ1) is 5.64. The summed E-state index contributed by atoms with van der Waals surface area (Å²) in [7, 11) is 0. The van der Waals surface area contributed by atoms with E-state index in [4.69, 9.17) is 4.74 Å². The van der Waals surface area contributed by atoms with E-state index in [0.717, 1.165) is 19.4 Å². The molecule has 0 bridgehead atoms. The SMILES string of the molecule is C[C@H]1OC(=O)N2CCCC[C@@]12C. The molecule has 3 heteroatoms. The lowest BCUT2D eigenvalue weighted by Gasteiger charge is -2.38. The monoisotopic (exact) mass is 169 g/mol. The van der Waals surface area contributed by atoms with Crippen LogP contribution in [-0.4, -0.2) is 29.2 Å². The molecule has 2 aliphatic heterocycles. The Bertz CT molecular complexity index is 217. The maximum atomic E-state index is 11.3. The molecule has 2 fully saturated rings. The molecule has 0 unspecified atom stereocenters. The average Bonchev–Trinajstić information content (AvgIpc) is 2.25. The van der Waals surface area contributed by atoms with Crippen LogP contribution in [0.1, 0.15) is 33.1 Å². The summed E-state index contributed by atoms with van der Waals surface area (Å²) in [5, 5.41) is 0. The van der Waals surface area contributed by atoms with E-state index in [1.165, 1.54) is 6.42 Å². The lowest BCUT2D eigenvalue weighted by atomic mass is 9.85. The number of cyclic esters (lactones) is 1. The Balaban J connectivity index is 2.27. The quantitative estimate of drug-likeness (QED) is 0.553. The molecule has 0 aromatic heterocycles. The van der Waals surface area contributed by atoms with Gasteiger partial charge in [0.2, 0.25) is 0 Å². The van der Waals surface area contributed by atoms with E-state index in [1.807, 2.05) is 11.8 Å². The van der Waals surface area contributed by atoms with Crippen LogP contribution in [0.25, 0.3) is 0 Å². The Morgan fingerprint density at radius 1 is 1.58 bits per heavy atom. The van der Waals surface area contributed by atoms with Crippen molar-refractivity contribution in [2.24, 2.45) is 0 Å². The highest BCUT2D eigenvalue weighted by Gasteiger charge is 2.50. The van der Waals surface area contributed by atoms with Crippen molar-refractivity contribution in [3.63, 3.8) is 0 Å². The minimum Gasteiger partial charge on any atom is -0.444 e. The fourth-order valence-corrected chi connectivity index (χ4v) is 2.21. The van der Waals surface area contributed by atoms with Crippen LogP contribution < -0.4 is 0 Å². The third-order valence-corrected chi connectivity index (χ3v) is 3.31. The van der Waals surface area contributed by atoms with E-state index in [-0.39, 0.29) is 17.7 Å². The first-order valence-corrected chi connectivity index (χ1v) is 4.63. The molecular formula is C9H15NO2. The van der Waals surface area contributed by atoms with E-state index >= 15 is 0 Å². The molecule has 2 rings (SSSR count). The second-order valence-corrected chi connectivity index (χ2v) is 3.99. The molecule has 2 atom stereocenters. The second kappa shape index (κ2) is 2.38. The molecule has 2 aliphatic rings. The molecule has 0 saturated carbocycles. The number of fused-ring (bicyclic) bond motifs is 1. The van der Waals surface area contributed by atoms with E-state index in [9.17, 15) is 4.79 Å². The van der Waals surface area contributed by atoms with Crippen LogP contribution in [-0.2, 0) is 4.74 Å². The van der Waals surface area contributed by atoms with Gasteiger partial charge in [-0.2, -0.15) is 0 Å². The van der Waals surface area contributed by atoms with Crippen LogP contribution in [0.5, 0.6) is 0 Å². The molecule has 12 heavy (non-hydrogen) atoms. The van der Waals surface area contributed by atoms with E-state index in [2.05, 4.69) is 6.92 Å². The highest BCUT2D eigenvalue weighted by molar-refractivity contribution is 5.71. The minimum absolute atomic E-state index is 0.0185. The number of nitrogens with zero attached hydrogens (tertiary/aromatic N) is 1. The zero-order chi connectivity index (χ0) is 8.77. The first kappa shape index (κ1) is 7.90. The summed E-state index contributed by atoms with van der Waals surface area (Å²) in [5.74, 6) is 0. The summed E-state index contributed by atoms with van der Waals surface area (Å²) in [4.78, 5) is 13.2. The fourth-order valence-electron chi connectivity index (χ4n) is 2.21. The van der Waals surface area contributed by atoms with Gasteiger partial charge < -0.3 is 4.74 Å². The van der Waals surface area contributed by atoms with Crippen molar-refractivity contribution in [2.75, 3.05) is 6.54 Å². The van der Waals surface area contributed by atoms with Gasteiger partial charge in [0.15, 0.2) is 0 Å². The lowest BCUT2D eigenvalue weighted by Crippen LogP contribution is -2.50. The highest BCUT2D eigenvalue weighted by atomic mass is 16.6. The molecule has 1 amide bonds. The predicted octanol–water partition coefficient (Wildman–Crippen LogP) is 1.77. The Morgan fingerprint density at radius 2 is 2.33 bits per heavy atom. The number of rotatable bonds is 0. The molecule has 68 valence electrons. The van der Waals surface area contributed by atoms with Crippen molar-refractivity contribution in [3.05, 3.63) is 0 Å². The Morgan fingerprint density at radius 3 is 3.00 bits per heavy atom. The predicted molar refractivity (Wildman–Crippen MR) is 44.9 cm³/mol. The van der Waals surface area contributed by atoms with Crippen molar-refractivity contribution in [3.8, 4) is 0 Å². The maximum absolute atomic E-state index is 11.3. The number of carbonyl (C=O) groups is 1. The number of amides is 1. The fraction of sp³-hybridized carbons (Fsp3) is 0.889. The second-order valence-electron chi connectivity index (χ2n) is 3.99. The first-order valence-electron chi connectivity index (χ1n) is 4.63. The summed E-state index contributed by atoms with van der Waals surface area (Å²) < 4.78 is 5.20. The van der Waals surface area contributed by atoms with Crippen molar-refractivity contribution in [1.29, 1.82) is 0 Å². The summed E-state index contributed by atoms with van der Waals surface area (Å²) >= 11 is 0. The molecule has 0 aliphatic carbocycles. The number of carbonyl (C=O) groups excluding carboxylic acids is 1. The zero-order valence-electron chi connectivity index (χ0n) is 7.67. The third-order valence-electron chi connectivity index (χ3n) is 3.31. The van der Waals surface area contributed by atoms with Gasteiger partial charge in [-0.3, -0.25) is 4.90 Å². The van der Waals surface area contributed by atoms with E-state index in [1.54, 1.807) is 0 Å². The van der Waals surface area contributed by atoms with Crippen LogP contribution in [0.15, 0.2) is 0 Å². The Labute approximate surface area is 72.7 Å². The molecule has 0 spiro atoms. The number of hydrogen-bond donors (Lipinski definition) is 0. The molecule has 0 aromatic carbocycles. The van der Waals surface area contributed by atoms with Crippen molar-refractivity contribution < 1.29 is 9.53 Å². The van der Waals surface area contributed by atoms with E-state index in [0.29, 0.717) is 0 Å². The Hall–Kier alpha value is -0.730. The highest BCUT2D eigenvalue weighted by Crippen LogP contribution is 2.37. The summed E-state index contributed by atoms with van der Waals surface area (Å²) in [6.45, 7) is 4.99. The molecule has 0 radical (unpaired) electrons. The number of piperidine rings is 1. The van der Waals surface area contributed by atoms with Gasteiger partial charge in [-0.15, -0.1) is 0 Å².